The Labute approximate surface area is 144 Å². The van der Waals surface area contributed by atoms with Gasteiger partial charge in [-0.05, 0) is 6.92 Å². The molecule has 2 aromatic rings. The lowest BCUT2D eigenvalue weighted by molar-refractivity contribution is 0.0639. The van der Waals surface area contributed by atoms with E-state index in [-0.39, 0.29) is 37.8 Å². The van der Waals surface area contributed by atoms with Crippen LogP contribution in [0.15, 0.2) is 10.6 Å². The van der Waals surface area contributed by atoms with Crippen molar-refractivity contribution in [3.05, 3.63) is 48.7 Å². The summed E-state index contributed by atoms with van der Waals surface area (Å²) in [4.78, 5) is 25.9. The number of hydrogen-bond acceptors (Lipinski definition) is 4. The maximum Gasteiger partial charge on any atom is 0.263 e. The number of benzene rings is 1. The van der Waals surface area contributed by atoms with Gasteiger partial charge in [0.2, 0.25) is 0 Å². The van der Waals surface area contributed by atoms with Gasteiger partial charge < -0.3 is 4.52 Å². The third kappa shape index (κ3) is 2.20. The SMILES string of the molecule is Cc1cc(CN2C(=O)c3c(Cl)c(Cl)c(Cl)c(Cl)c3C2=O)no1. The van der Waals surface area contributed by atoms with Crippen LogP contribution in [0.25, 0.3) is 0 Å². The van der Waals surface area contributed by atoms with Crippen LogP contribution in [-0.2, 0) is 6.54 Å². The standard InChI is InChI=1S/C13H6Cl4N2O3/c1-4-2-5(18-22-4)3-19-12(20)6-7(13(19)21)9(15)11(17)10(16)8(6)14/h2H,3H2,1H3. The first-order valence-electron chi connectivity index (χ1n) is 5.97. The molecule has 0 atom stereocenters. The van der Waals surface area contributed by atoms with Gasteiger partial charge in [0.1, 0.15) is 11.5 Å². The average Bonchev–Trinajstić information content (AvgIpc) is 2.99. The highest BCUT2D eigenvalue weighted by atomic mass is 35.5. The minimum atomic E-state index is -0.605. The van der Waals surface area contributed by atoms with Gasteiger partial charge in [-0.2, -0.15) is 0 Å². The second-order valence-electron chi connectivity index (χ2n) is 4.63. The Balaban J connectivity index is 2.09. The molecule has 3 rings (SSSR count). The van der Waals surface area contributed by atoms with E-state index in [1.165, 1.54) is 0 Å². The summed E-state index contributed by atoms with van der Waals surface area (Å²) in [6.45, 7) is 1.64. The Bertz CT molecular complexity index is 784. The van der Waals surface area contributed by atoms with Crippen molar-refractivity contribution in [2.75, 3.05) is 0 Å². The highest BCUT2D eigenvalue weighted by molar-refractivity contribution is 6.55. The predicted molar refractivity (Wildman–Crippen MR) is 81.9 cm³/mol. The molecule has 0 N–H and O–H groups in total. The third-order valence-corrected chi connectivity index (χ3v) is 4.98. The van der Waals surface area contributed by atoms with Crippen molar-refractivity contribution >= 4 is 58.2 Å². The summed E-state index contributed by atoms with van der Waals surface area (Å²) >= 11 is 23.9. The fourth-order valence-electron chi connectivity index (χ4n) is 2.19. The van der Waals surface area contributed by atoms with Gasteiger partial charge in [-0.25, -0.2) is 0 Å². The lowest BCUT2D eigenvalue weighted by atomic mass is 10.1. The van der Waals surface area contributed by atoms with Gasteiger partial charge in [0, 0.05) is 6.07 Å². The van der Waals surface area contributed by atoms with Crippen molar-refractivity contribution in [3.8, 4) is 0 Å². The van der Waals surface area contributed by atoms with Crippen molar-refractivity contribution in [2.24, 2.45) is 0 Å². The van der Waals surface area contributed by atoms with Gasteiger partial charge in [0.15, 0.2) is 0 Å². The first kappa shape index (κ1) is 15.6. The first-order valence-corrected chi connectivity index (χ1v) is 7.48. The Morgan fingerprint density at radius 2 is 1.50 bits per heavy atom. The van der Waals surface area contributed by atoms with Crippen LogP contribution in [-0.4, -0.2) is 21.9 Å². The fraction of sp³-hybridized carbons (Fsp3) is 0.154. The lowest BCUT2D eigenvalue weighted by Crippen LogP contribution is -2.29. The van der Waals surface area contributed by atoms with Crippen LogP contribution in [0.5, 0.6) is 0 Å². The number of fused-ring (bicyclic) bond motifs is 1. The highest BCUT2D eigenvalue weighted by Crippen LogP contribution is 2.44. The maximum absolute atomic E-state index is 12.5. The number of aryl methyl sites for hydroxylation is 1. The quantitative estimate of drug-likeness (QED) is 0.441. The monoisotopic (exact) mass is 378 g/mol. The van der Waals surface area contributed by atoms with Gasteiger partial charge in [-0.3, -0.25) is 14.5 Å². The number of hydrogen-bond donors (Lipinski definition) is 0. The molecule has 0 spiro atoms. The summed E-state index contributed by atoms with van der Waals surface area (Å²) in [5.74, 6) is -0.647. The molecular formula is C13H6Cl4N2O3. The summed E-state index contributed by atoms with van der Waals surface area (Å²) in [7, 11) is 0. The number of imide groups is 1. The number of carbonyl (C=O) groups excluding carboxylic acids is 2. The molecule has 2 heterocycles. The van der Waals surface area contributed by atoms with E-state index in [2.05, 4.69) is 5.16 Å². The Hall–Kier alpha value is -1.27. The second kappa shape index (κ2) is 5.42. The van der Waals surface area contributed by atoms with E-state index in [0.717, 1.165) is 4.90 Å². The van der Waals surface area contributed by atoms with Crippen molar-refractivity contribution < 1.29 is 14.1 Å². The summed E-state index contributed by atoms with van der Waals surface area (Å²) in [5.41, 5.74) is 0.328. The third-order valence-electron chi connectivity index (χ3n) is 3.18. The normalized spacial score (nSPS) is 14.0. The van der Waals surface area contributed by atoms with Crippen molar-refractivity contribution in [1.29, 1.82) is 0 Å². The van der Waals surface area contributed by atoms with E-state index in [1.807, 2.05) is 0 Å². The van der Waals surface area contributed by atoms with Gasteiger partial charge in [-0.1, -0.05) is 51.6 Å². The van der Waals surface area contributed by atoms with Crippen LogP contribution < -0.4 is 0 Å². The van der Waals surface area contributed by atoms with Gasteiger partial charge in [-0.15, -0.1) is 0 Å². The van der Waals surface area contributed by atoms with E-state index in [0.29, 0.717) is 11.5 Å². The Kier molecular flexibility index (Phi) is 3.85. The summed E-state index contributed by atoms with van der Waals surface area (Å²) in [6, 6.07) is 1.62. The predicted octanol–water partition coefficient (Wildman–Crippen LogP) is 4.39. The molecule has 0 fully saturated rings. The molecule has 0 saturated heterocycles. The minimum Gasteiger partial charge on any atom is -0.361 e. The molecule has 22 heavy (non-hydrogen) atoms. The molecule has 0 radical (unpaired) electrons. The molecular weight excluding hydrogens is 374 g/mol. The molecule has 0 bridgehead atoms. The van der Waals surface area contributed by atoms with Crippen molar-refractivity contribution in [2.45, 2.75) is 13.5 Å². The van der Waals surface area contributed by atoms with E-state index < -0.39 is 11.8 Å². The summed E-state index contributed by atoms with van der Waals surface area (Å²) in [6.07, 6.45) is 0. The molecule has 1 aromatic heterocycles. The van der Waals surface area contributed by atoms with Gasteiger partial charge in [0.25, 0.3) is 11.8 Å². The maximum atomic E-state index is 12.5. The molecule has 2 amide bonds. The van der Waals surface area contributed by atoms with E-state index in [4.69, 9.17) is 50.9 Å². The molecule has 1 aromatic carbocycles. The number of carbonyl (C=O) groups is 2. The zero-order valence-corrected chi connectivity index (χ0v) is 13.9. The van der Waals surface area contributed by atoms with Crippen LogP contribution >= 0.6 is 46.4 Å². The topological polar surface area (TPSA) is 63.4 Å². The largest absolute Gasteiger partial charge is 0.361 e. The van der Waals surface area contributed by atoms with Crippen LogP contribution in [0.1, 0.15) is 32.2 Å². The smallest absolute Gasteiger partial charge is 0.263 e. The first-order chi connectivity index (χ1) is 10.3. The number of aromatic nitrogens is 1. The van der Waals surface area contributed by atoms with Crippen LogP contribution in [0.2, 0.25) is 20.1 Å². The van der Waals surface area contributed by atoms with E-state index in [1.54, 1.807) is 13.0 Å². The fourth-order valence-corrected chi connectivity index (χ4v) is 3.21. The number of halogens is 4. The molecule has 1 aliphatic heterocycles. The average molecular weight is 380 g/mol. The molecule has 1 aliphatic rings. The number of amides is 2. The Morgan fingerprint density at radius 1 is 1.00 bits per heavy atom. The molecule has 114 valence electrons. The van der Waals surface area contributed by atoms with Crippen molar-refractivity contribution in [3.63, 3.8) is 0 Å². The molecule has 9 heteroatoms. The van der Waals surface area contributed by atoms with E-state index in [9.17, 15) is 9.59 Å². The summed E-state index contributed by atoms with van der Waals surface area (Å²) < 4.78 is 4.91. The highest BCUT2D eigenvalue weighted by Gasteiger charge is 2.41. The molecule has 0 unspecified atom stereocenters. The lowest BCUT2D eigenvalue weighted by Gasteiger charge is -2.11. The zero-order valence-electron chi connectivity index (χ0n) is 10.9. The molecule has 0 aliphatic carbocycles. The Morgan fingerprint density at radius 3 is 1.91 bits per heavy atom. The number of rotatable bonds is 2. The molecule has 0 saturated carbocycles. The second-order valence-corrected chi connectivity index (χ2v) is 6.14. The van der Waals surface area contributed by atoms with Crippen LogP contribution in [0.4, 0.5) is 0 Å². The van der Waals surface area contributed by atoms with Crippen LogP contribution in [0.3, 0.4) is 0 Å². The van der Waals surface area contributed by atoms with Gasteiger partial charge in [0.05, 0.1) is 37.8 Å². The van der Waals surface area contributed by atoms with Crippen molar-refractivity contribution in [1.82, 2.24) is 10.1 Å². The zero-order chi connectivity index (χ0) is 16.2. The number of nitrogens with zero attached hydrogens (tertiary/aromatic N) is 2. The van der Waals surface area contributed by atoms with E-state index >= 15 is 0 Å². The minimum absolute atomic E-state index is 0.0497. The van der Waals surface area contributed by atoms with Gasteiger partial charge >= 0.3 is 0 Å². The van der Waals surface area contributed by atoms with Crippen LogP contribution in [0, 0.1) is 6.92 Å². The molecule has 5 nitrogen and oxygen atoms in total. The summed E-state index contributed by atoms with van der Waals surface area (Å²) in [5, 5.41) is 3.44.